The van der Waals surface area contributed by atoms with E-state index in [1.807, 2.05) is 0 Å². The van der Waals surface area contributed by atoms with Crippen LogP contribution < -0.4 is 10.6 Å². The van der Waals surface area contributed by atoms with Gasteiger partial charge in [-0.1, -0.05) is 0 Å². The largest absolute Gasteiger partial charge is 0.472 e. The lowest BCUT2D eigenvalue weighted by molar-refractivity contribution is -0.115. The van der Waals surface area contributed by atoms with Gasteiger partial charge in [-0.2, -0.15) is 0 Å². The zero-order valence-corrected chi connectivity index (χ0v) is 7.35. The van der Waals surface area contributed by atoms with Crippen molar-refractivity contribution >= 4 is 29.3 Å². The van der Waals surface area contributed by atoms with Crippen molar-refractivity contribution in [2.24, 2.45) is 0 Å². The molecule has 0 unspecified atom stereocenters. The molecule has 0 aliphatic carbocycles. The van der Waals surface area contributed by atoms with Gasteiger partial charge in [-0.25, -0.2) is 0 Å². The zero-order valence-electron chi connectivity index (χ0n) is 6.53. The molecule has 5 heteroatoms. The Balaban J connectivity index is 2.27. The van der Waals surface area contributed by atoms with Crippen molar-refractivity contribution in [1.29, 1.82) is 0 Å². The molecule has 66 valence electrons. The lowest BCUT2D eigenvalue weighted by Crippen LogP contribution is -2.21. The highest BCUT2D eigenvalue weighted by Crippen LogP contribution is 2.07. The van der Waals surface area contributed by atoms with Crippen LogP contribution in [0.1, 0.15) is 5.56 Å². The second-order valence-corrected chi connectivity index (χ2v) is 2.93. The fraction of sp³-hybridized carbons (Fsp3) is 0. The van der Waals surface area contributed by atoms with Crippen molar-refractivity contribution in [3.8, 4) is 0 Å². The Bertz CT molecular complexity index is 381. The van der Waals surface area contributed by atoms with E-state index in [9.17, 15) is 4.79 Å². The summed E-state index contributed by atoms with van der Waals surface area (Å²) < 4.78 is 4.85. The van der Waals surface area contributed by atoms with Gasteiger partial charge in [0.1, 0.15) is 5.70 Å². The molecule has 1 amide bonds. The van der Waals surface area contributed by atoms with E-state index in [4.69, 9.17) is 16.6 Å². The quantitative estimate of drug-likeness (QED) is 0.508. The Hall–Kier alpha value is -1.62. The highest BCUT2D eigenvalue weighted by Gasteiger charge is 2.19. The molecule has 0 radical (unpaired) electrons. The molecule has 2 heterocycles. The van der Waals surface area contributed by atoms with E-state index >= 15 is 0 Å². The van der Waals surface area contributed by atoms with Crippen LogP contribution >= 0.6 is 12.2 Å². The first-order valence-corrected chi connectivity index (χ1v) is 4.03. The van der Waals surface area contributed by atoms with Crippen LogP contribution in [0.4, 0.5) is 0 Å². The molecule has 0 aromatic carbocycles. The van der Waals surface area contributed by atoms with Crippen molar-refractivity contribution < 1.29 is 9.21 Å². The molecule has 0 saturated carbocycles. The van der Waals surface area contributed by atoms with Crippen LogP contribution in [0.2, 0.25) is 0 Å². The number of amides is 1. The molecule has 0 atom stereocenters. The van der Waals surface area contributed by atoms with Crippen LogP contribution in [-0.2, 0) is 4.79 Å². The van der Waals surface area contributed by atoms with Crippen molar-refractivity contribution in [2.45, 2.75) is 0 Å². The molecule has 1 aliphatic heterocycles. The Morgan fingerprint density at radius 2 is 2.31 bits per heavy atom. The van der Waals surface area contributed by atoms with Gasteiger partial charge in [0, 0.05) is 5.56 Å². The van der Waals surface area contributed by atoms with Crippen LogP contribution in [0.5, 0.6) is 0 Å². The zero-order chi connectivity index (χ0) is 9.26. The normalized spacial score (nSPS) is 18.9. The predicted molar refractivity (Wildman–Crippen MR) is 50.6 cm³/mol. The van der Waals surface area contributed by atoms with Crippen molar-refractivity contribution in [3.63, 3.8) is 0 Å². The van der Waals surface area contributed by atoms with E-state index in [0.717, 1.165) is 5.56 Å². The van der Waals surface area contributed by atoms with Crippen LogP contribution in [-0.4, -0.2) is 11.0 Å². The maximum Gasteiger partial charge on any atom is 0.273 e. The molecule has 0 bridgehead atoms. The average molecular weight is 194 g/mol. The van der Waals surface area contributed by atoms with E-state index < -0.39 is 0 Å². The fourth-order valence-corrected chi connectivity index (χ4v) is 1.21. The third-order valence-electron chi connectivity index (χ3n) is 1.57. The lowest BCUT2D eigenvalue weighted by Gasteiger charge is -1.90. The summed E-state index contributed by atoms with van der Waals surface area (Å²) in [5.41, 5.74) is 1.26. The molecular weight excluding hydrogens is 188 g/mol. The number of rotatable bonds is 1. The highest BCUT2D eigenvalue weighted by atomic mass is 32.1. The van der Waals surface area contributed by atoms with Gasteiger partial charge in [-0.15, -0.1) is 0 Å². The summed E-state index contributed by atoms with van der Waals surface area (Å²) >= 11 is 4.76. The minimum atomic E-state index is -0.216. The average Bonchev–Trinajstić information content (AvgIpc) is 2.63. The Morgan fingerprint density at radius 1 is 1.46 bits per heavy atom. The van der Waals surface area contributed by atoms with Crippen molar-refractivity contribution in [1.82, 2.24) is 10.6 Å². The van der Waals surface area contributed by atoms with E-state index in [1.54, 1.807) is 18.4 Å². The molecule has 1 aliphatic rings. The molecule has 1 aromatic heterocycles. The van der Waals surface area contributed by atoms with Gasteiger partial charge in [-0.05, 0) is 24.4 Å². The number of thiocarbonyl (C=S) groups is 1. The topological polar surface area (TPSA) is 54.3 Å². The first-order chi connectivity index (χ1) is 6.25. The minimum absolute atomic E-state index is 0.216. The SMILES string of the molecule is O=C1NC(=S)N/C1=C\c1ccoc1. The van der Waals surface area contributed by atoms with Gasteiger partial charge in [-0.3, -0.25) is 10.1 Å². The summed E-state index contributed by atoms with van der Waals surface area (Å²) in [7, 11) is 0. The predicted octanol–water partition coefficient (Wildman–Crippen LogP) is 0.625. The van der Waals surface area contributed by atoms with Crippen LogP contribution in [0.3, 0.4) is 0 Å². The standard InChI is InChI=1S/C8H6N2O2S/c11-7-6(9-8(13)10-7)3-5-1-2-12-4-5/h1-4H,(H2,9,10,11,13)/b6-3-. The minimum Gasteiger partial charge on any atom is -0.472 e. The molecule has 2 N–H and O–H groups in total. The number of nitrogens with one attached hydrogen (secondary N) is 2. The van der Waals surface area contributed by atoms with Gasteiger partial charge < -0.3 is 9.73 Å². The second-order valence-electron chi connectivity index (χ2n) is 2.52. The number of hydrogen-bond donors (Lipinski definition) is 2. The van der Waals surface area contributed by atoms with Crippen LogP contribution in [0.15, 0.2) is 28.7 Å². The summed E-state index contributed by atoms with van der Waals surface area (Å²) in [5, 5.41) is 5.53. The van der Waals surface area contributed by atoms with Gasteiger partial charge in [0.15, 0.2) is 5.11 Å². The van der Waals surface area contributed by atoms with Crippen LogP contribution in [0, 0.1) is 0 Å². The number of furan rings is 1. The van der Waals surface area contributed by atoms with Gasteiger partial charge in [0.25, 0.3) is 5.91 Å². The first-order valence-electron chi connectivity index (χ1n) is 3.62. The first kappa shape index (κ1) is 8.00. The Kier molecular flexibility index (Phi) is 1.86. The van der Waals surface area contributed by atoms with E-state index in [0.29, 0.717) is 10.8 Å². The van der Waals surface area contributed by atoms with E-state index in [1.165, 1.54) is 6.26 Å². The lowest BCUT2D eigenvalue weighted by atomic mass is 10.3. The monoisotopic (exact) mass is 194 g/mol. The maximum absolute atomic E-state index is 11.2. The summed E-state index contributed by atoms with van der Waals surface area (Å²) in [5.74, 6) is -0.216. The Labute approximate surface area is 79.6 Å². The molecule has 0 spiro atoms. The molecule has 1 fully saturated rings. The van der Waals surface area contributed by atoms with E-state index in [2.05, 4.69) is 10.6 Å². The van der Waals surface area contributed by atoms with Crippen molar-refractivity contribution in [3.05, 3.63) is 29.9 Å². The third kappa shape index (κ3) is 1.59. The fourth-order valence-electron chi connectivity index (χ4n) is 1.01. The van der Waals surface area contributed by atoms with Gasteiger partial charge in [0.05, 0.1) is 12.5 Å². The highest BCUT2D eigenvalue weighted by molar-refractivity contribution is 7.80. The van der Waals surface area contributed by atoms with Crippen molar-refractivity contribution in [2.75, 3.05) is 0 Å². The molecule has 1 aromatic rings. The molecule has 2 rings (SSSR count). The number of hydrogen-bond acceptors (Lipinski definition) is 3. The molecule has 13 heavy (non-hydrogen) atoms. The maximum atomic E-state index is 11.2. The van der Waals surface area contributed by atoms with Gasteiger partial charge in [0.2, 0.25) is 0 Å². The van der Waals surface area contributed by atoms with Crippen LogP contribution in [0.25, 0.3) is 6.08 Å². The molecule has 4 nitrogen and oxygen atoms in total. The molecule has 1 saturated heterocycles. The summed E-state index contributed by atoms with van der Waals surface area (Å²) in [6.45, 7) is 0. The summed E-state index contributed by atoms with van der Waals surface area (Å²) in [4.78, 5) is 11.2. The number of carbonyl (C=O) groups is 1. The smallest absolute Gasteiger partial charge is 0.273 e. The third-order valence-corrected chi connectivity index (χ3v) is 1.78. The van der Waals surface area contributed by atoms with E-state index in [-0.39, 0.29) is 5.91 Å². The molecular formula is C8H6N2O2S. The van der Waals surface area contributed by atoms with Gasteiger partial charge >= 0.3 is 0 Å². The summed E-state index contributed by atoms with van der Waals surface area (Å²) in [6.07, 6.45) is 4.75. The summed E-state index contributed by atoms with van der Waals surface area (Å²) in [6, 6.07) is 1.75. The number of carbonyl (C=O) groups excluding carboxylic acids is 1. The Morgan fingerprint density at radius 3 is 2.85 bits per heavy atom. The second kappa shape index (κ2) is 3.02.